The summed E-state index contributed by atoms with van der Waals surface area (Å²) >= 11 is 0. The van der Waals surface area contributed by atoms with E-state index >= 15 is 0 Å². The summed E-state index contributed by atoms with van der Waals surface area (Å²) in [7, 11) is 0. The van der Waals surface area contributed by atoms with Crippen molar-refractivity contribution in [3.8, 4) is 5.75 Å². The highest BCUT2D eigenvalue weighted by Gasteiger charge is 2.29. The molecule has 0 aliphatic heterocycles. The Balaban J connectivity index is 2.05. The highest BCUT2D eigenvalue weighted by Crippen LogP contribution is 2.39. The number of rotatable bonds is 8. The predicted octanol–water partition coefficient (Wildman–Crippen LogP) is 4.74. The van der Waals surface area contributed by atoms with Crippen molar-refractivity contribution in [2.24, 2.45) is 10.5 Å². The summed E-state index contributed by atoms with van der Waals surface area (Å²) < 4.78 is 10.7. The van der Waals surface area contributed by atoms with Crippen molar-refractivity contribution in [3.63, 3.8) is 0 Å². The van der Waals surface area contributed by atoms with Crippen molar-refractivity contribution < 1.29 is 18.9 Å². The van der Waals surface area contributed by atoms with Crippen LogP contribution in [0.2, 0.25) is 0 Å². The number of hydrogen-bond acceptors (Lipinski definition) is 6. The standard InChI is InChI=1S/C22H29N3O5/c1-15-7-9-17(30-15)12-23-24-20(26)13-29-19-10-8-16(11-18(19)25(27)28)22(5,6)14-21(2,3)4/h7-12H,13-14H2,1-6H3,(H,24,26). The number of ether oxygens (including phenoxy) is 1. The van der Waals surface area contributed by atoms with Gasteiger partial charge in [-0.05, 0) is 47.9 Å². The Labute approximate surface area is 176 Å². The zero-order chi connectivity index (χ0) is 22.5. The molecule has 1 heterocycles. The molecular weight excluding hydrogens is 386 g/mol. The Morgan fingerprint density at radius 3 is 2.50 bits per heavy atom. The van der Waals surface area contributed by atoms with Gasteiger partial charge in [-0.2, -0.15) is 5.10 Å². The van der Waals surface area contributed by atoms with Crippen molar-refractivity contribution in [2.45, 2.75) is 53.4 Å². The first-order chi connectivity index (χ1) is 13.9. The van der Waals surface area contributed by atoms with Crippen LogP contribution in [0, 0.1) is 22.5 Å². The molecule has 8 heteroatoms. The summed E-state index contributed by atoms with van der Waals surface area (Å²) in [6.45, 7) is 11.9. The highest BCUT2D eigenvalue weighted by molar-refractivity contribution is 5.81. The fraction of sp³-hybridized carbons (Fsp3) is 0.455. The van der Waals surface area contributed by atoms with E-state index < -0.39 is 17.4 Å². The number of benzene rings is 1. The number of nitrogens with zero attached hydrogens (tertiary/aromatic N) is 2. The largest absolute Gasteiger partial charge is 0.477 e. The van der Waals surface area contributed by atoms with Gasteiger partial charge in [0.1, 0.15) is 11.5 Å². The van der Waals surface area contributed by atoms with Gasteiger partial charge < -0.3 is 9.15 Å². The molecule has 0 fully saturated rings. The lowest BCUT2D eigenvalue weighted by Crippen LogP contribution is -2.26. The highest BCUT2D eigenvalue weighted by atomic mass is 16.6. The second-order valence-electron chi connectivity index (χ2n) is 9.09. The third kappa shape index (κ3) is 6.72. The summed E-state index contributed by atoms with van der Waals surface area (Å²) in [6.07, 6.45) is 2.21. The fourth-order valence-corrected chi connectivity index (χ4v) is 3.50. The average molecular weight is 415 g/mol. The number of hydrazone groups is 1. The summed E-state index contributed by atoms with van der Waals surface area (Å²) in [4.78, 5) is 23.0. The van der Waals surface area contributed by atoms with Crippen LogP contribution in [0.15, 0.2) is 39.9 Å². The van der Waals surface area contributed by atoms with E-state index in [4.69, 9.17) is 9.15 Å². The molecule has 0 saturated carbocycles. The maximum Gasteiger partial charge on any atom is 0.311 e. The first-order valence-corrected chi connectivity index (χ1v) is 9.67. The van der Waals surface area contributed by atoms with Crippen LogP contribution >= 0.6 is 0 Å². The van der Waals surface area contributed by atoms with Crippen molar-refractivity contribution in [3.05, 3.63) is 57.5 Å². The van der Waals surface area contributed by atoms with Gasteiger partial charge in [0.2, 0.25) is 0 Å². The minimum atomic E-state index is -0.541. The van der Waals surface area contributed by atoms with Gasteiger partial charge in [0.05, 0.1) is 11.1 Å². The third-order valence-corrected chi connectivity index (χ3v) is 4.41. The van der Waals surface area contributed by atoms with E-state index in [2.05, 4.69) is 45.1 Å². The molecule has 1 N–H and O–H groups in total. The van der Waals surface area contributed by atoms with E-state index in [-0.39, 0.29) is 22.3 Å². The Morgan fingerprint density at radius 2 is 1.93 bits per heavy atom. The van der Waals surface area contributed by atoms with Crippen LogP contribution in [0.5, 0.6) is 5.75 Å². The van der Waals surface area contributed by atoms with Crippen LogP contribution in [-0.2, 0) is 10.2 Å². The van der Waals surface area contributed by atoms with Gasteiger partial charge in [0.25, 0.3) is 5.91 Å². The normalized spacial score (nSPS) is 12.2. The molecule has 1 aromatic heterocycles. The first-order valence-electron chi connectivity index (χ1n) is 9.67. The number of nitrogens with one attached hydrogen (secondary N) is 1. The molecule has 1 aromatic carbocycles. The summed E-state index contributed by atoms with van der Waals surface area (Å²) in [5.41, 5.74) is 2.79. The Bertz CT molecular complexity index is 938. The lowest BCUT2D eigenvalue weighted by atomic mass is 9.72. The number of nitro benzene ring substituents is 1. The van der Waals surface area contributed by atoms with Gasteiger partial charge >= 0.3 is 5.69 Å². The van der Waals surface area contributed by atoms with Crippen LogP contribution in [-0.4, -0.2) is 23.7 Å². The smallest absolute Gasteiger partial charge is 0.311 e. The Morgan fingerprint density at radius 1 is 1.23 bits per heavy atom. The number of furan rings is 1. The Kier molecular flexibility index (Phi) is 7.02. The molecule has 8 nitrogen and oxygen atoms in total. The van der Waals surface area contributed by atoms with Gasteiger partial charge in [-0.3, -0.25) is 14.9 Å². The Hall–Kier alpha value is -3.16. The van der Waals surface area contributed by atoms with E-state index in [0.717, 1.165) is 17.7 Å². The minimum absolute atomic E-state index is 0.0381. The molecule has 0 radical (unpaired) electrons. The van der Waals surface area contributed by atoms with Crippen LogP contribution in [0.25, 0.3) is 0 Å². The zero-order valence-electron chi connectivity index (χ0n) is 18.3. The van der Waals surface area contributed by atoms with E-state index in [1.165, 1.54) is 12.3 Å². The van der Waals surface area contributed by atoms with Crippen LogP contribution in [0.3, 0.4) is 0 Å². The van der Waals surface area contributed by atoms with Gasteiger partial charge in [0, 0.05) is 6.07 Å². The maximum atomic E-state index is 11.9. The van der Waals surface area contributed by atoms with Crippen molar-refractivity contribution in [2.75, 3.05) is 6.61 Å². The van der Waals surface area contributed by atoms with E-state index in [9.17, 15) is 14.9 Å². The topological polar surface area (TPSA) is 107 Å². The lowest BCUT2D eigenvalue weighted by molar-refractivity contribution is -0.385. The number of aryl methyl sites for hydroxylation is 1. The number of nitro groups is 1. The first kappa shape index (κ1) is 23.1. The minimum Gasteiger partial charge on any atom is -0.477 e. The number of amides is 1. The van der Waals surface area contributed by atoms with Crippen LogP contribution < -0.4 is 10.2 Å². The van der Waals surface area contributed by atoms with Gasteiger partial charge in [-0.15, -0.1) is 0 Å². The van der Waals surface area contributed by atoms with Crippen LogP contribution in [0.1, 0.15) is 58.1 Å². The fourth-order valence-electron chi connectivity index (χ4n) is 3.50. The number of carbonyl (C=O) groups is 1. The van der Waals surface area contributed by atoms with Crippen molar-refractivity contribution in [1.82, 2.24) is 5.43 Å². The molecule has 0 spiro atoms. The molecule has 0 bridgehead atoms. The van der Waals surface area contributed by atoms with Crippen molar-refractivity contribution in [1.29, 1.82) is 0 Å². The second kappa shape index (κ2) is 9.11. The molecule has 0 atom stereocenters. The molecule has 1 amide bonds. The number of hydrogen-bond donors (Lipinski definition) is 1. The lowest BCUT2D eigenvalue weighted by Gasteiger charge is -2.33. The zero-order valence-corrected chi connectivity index (χ0v) is 18.3. The van der Waals surface area contributed by atoms with Crippen molar-refractivity contribution >= 4 is 17.8 Å². The second-order valence-corrected chi connectivity index (χ2v) is 9.09. The third-order valence-electron chi connectivity index (χ3n) is 4.41. The van der Waals surface area contributed by atoms with Gasteiger partial charge in [-0.25, -0.2) is 5.43 Å². The quantitative estimate of drug-likeness (QED) is 0.381. The molecule has 0 saturated heterocycles. The van der Waals surface area contributed by atoms with Gasteiger partial charge in [0.15, 0.2) is 12.4 Å². The molecule has 30 heavy (non-hydrogen) atoms. The number of carbonyl (C=O) groups excluding carboxylic acids is 1. The van der Waals surface area contributed by atoms with Gasteiger partial charge in [-0.1, -0.05) is 40.7 Å². The summed E-state index contributed by atoms with van der Waals surface area (Å²) in [6, 6.07) is 8.37. The molecule has 162 valence electrons. The van der Waals surface area contributed by atoms with Crippen LogP contribution in [0.4, 0.5) is 5.69 Å². The summed E-state index contributed by atoms with van der Waals surface area (Å²) in [5, 5.41) is 15.3. The molecular formula is C22H29N3O5. The summed E-state index contributed by atoms with van der Waals surface area (Å²) in [5.74, 6) is 0.724. The maximum absolute atomic E-state index is 11.9. The molecule has 2 rings (SSSR count). The van der Waals surface area contributed by atoms with E-state index in [1.807, 2.05) is 6.07 Å². The SMILES string of the molecule is Cc1ccc(C=NNC(=O)COc2ccc(C(C)(C)CC(C)(C)C)cc2[N+](=O)[O-])o1. The molecule has 0 unspecified atom stereocenters. The molecule has 2 aromatic rings. The molecule has 0 aliphatic rings. The van der Waals surface area contributed by atoms with E-state index in [0.29, 0.717) is 5.76 Å². The average Bonchev–Trinajstić information content (AvgIpc) is 3.03. The molecule has 0 aliphatic carbocycles. The van der Waals surface area contributed by atoms with E-state index in [1.54, 1.807) is 25.1 Å². The monoisotopic (exact) mass is 415 g/mol. The predicted molar refractivity (Wildman–Crippen MR) is 115 cm³/mol.